The van der Waals surface area contributed by atoms with Gasteiger partial charge in [0.15, 0.2) is 22.9 Å². The molecule has 6 heterocycles. The lowest BCUT2D eigenvalue weighted by Gasteiger charge is -2.26. The van der Waals surface area contributed by atoms with Crippen LogP contribution >= 0.6 is 0 Å². The predicted octanol–water partition coefficient (Wildman–Crippen LogP) is 10.1. The molecule has 0 amide bonds. The number of nitrogens with zero attached hydrogens (tertiary/aromatic N) is 10. The SMILES string of the molecule is COC[C@@H](C)c1cnn2c(N[C@@H]3CCC4=C(C3)c3ccccc3C4)nc(-c3cncc(F)c3)nc12.COC[C@H](C)c1cnn2c(N[C@@H]3CCC4=C(C3)c3ccccc3C4)nc(-c3cncc(F)c3)nc12. The highest BCUT2D eigenvalue weighted by molar-refractivity contribution is 5.79. The van der Waals surface area contributed by atoms with Crippen LogP contribution < -0.4 is 10.6 Å². The second-order valence-electron chi connectivity index (χ2n) is 18.9. The third kappa shape index (κ3) is 8.81. The van der Waals surface area contributed by atoms with E-state index in [1.54, 1.807) is 46.8 Å². The molecule has 70 heavy (non-hydrogen) atoms. The topological polar surface area (TPSA) is 154 Å². The molecule has 0 bridgehead atoms. The molecule has 0 spiro atoms. The van der Waals surface area contributed by atoms with Crippen molar-refractivity contribution in [1.29, 1.82) is 0 Å². The van der Waals surface area contributed by atoms with Gasteiger partial charge in [-0.1, -0.05) is 73.5 Å². The van der Waals surface area contributed by atoms with Crippen molar-refractivity contribution in [2.24, 2.45) is 0 Å². The maximum absolute atomic E-state index is 14.0. The summed E-state index contributed by atoms with van der Waals surface area (Å²) in [5, 5.41) is 16.5. The maximum Gasteiger partial charge on any atom is 0.228 e. The van der Waals surface area contributed by atoms with Crippen molar-refractivity contribution < 1.29 is 18.3 Å². The minimum atomic E-state index is -0.423. The van der Waals surface area contributed by atoms with E-state index >= 15 is 0 Å². The Morgan fingerprint density at radius 3 is 1.47 bits per heavy atom. The summed E-state index contributed by atoms with van der Waals surface area (Å²) >= 11 is 0. The van der Waals surface area contributed by atoms with Gasteiger partial charge >= 0.3 is 0 Å². The van der Waals surface area contributed by atoms with Gasteiger partial charge in [0.1, 0.15) is 11.6 Å². The van der Waals surface area contributed by atoms with E-state index in [1.165, 1.54) is 57.9 Å². The normalized spacial score (nSPS) is 18.0. The maximum atomic E-state index is 14.0. The van der Waals surface area contributed by atoms with Gasteiger partial charge in [0, 0.05) is 72.8 Å². The highest BCUT2D eigenvalue weighted by Gasteiger charge is 2.31. The van der Waals surface area contributed by atoms with Crippen LogP contribution in [-0.2, 0) is 22.3 Å². The van der Waals surface area contributed by atoms with Gasteiger partial charge in [-0.2, -0.15) is 29.2 Å². The molecule has 2 N–H and O–H groups in total. The van der Waals surface area contributed by atoms with E-state index in [9.17, 15) is 8.78 Å². The summed E-state index contributed by atoms with van der Waals surface area (Å²) in [4.78, 5) is 27.1. The van der Waals surface area contributed by atoms with E-state index in [0.29, 0.717) is 59.2 Å². The van der Waals surface area contributed by atoms with Gasteiger partial charge in [0.2, 0.25) is 11.9 Å². The van der Waals surface area contributed by atoms with Crippen molar-refractivity contribution in [3.05, 3.63) is 154 Å². The third-order valence-electron chi connectivity index (χ3n) is 14.1. The predicted molar refractivity (Wildman–Crippen MR) is 265 cm³/mol. The van der Waals surface area contributed by atoms with Gasteiger partial charge < -0.3 is 20.1 Å². The molecule has 8 aromatic rings. The number of anilines is 2. The number of pyridine rings is 2. The van der Waals surface area contributed by atoms with Crippen molar-refractivity contribution >= 4 is 34.3 Å². The summed E-state index contributed by atoms with van der Waals surface area (Å²) in [6.45, 7) is 5.24. The molecule has 4 aliphatic rings. The smallest absolute Gasteiger partial charge is 0.228 e. The number of rotatable bonds is 12. The number of benzene rings is 2. The number of methoxy groups -OCH3 is 2. The Labute approximate surface area is 404 Å². The van der Waals surface area contributed by atoms with Crippen LogP contribution in [0.25, 0.3) is 45.2 Å². The average Bonchev–Trinajstić information content (AvgIpc) is 4.17. The lowest BCUT2D eigenvalue weighted by atomic mass is 9.88. The summed E-state index contributed by atoms with van der Waals surface area (Å²) in [6, 6.07) is 20.6. The van der Waals surface area contributed by atoms with E-state index in [2.05, 4.69) is 93.2 Å². The molecule has 16 heteroatoms. The van der Waals surface area contributed by atoms with Crippen molar-refractivity contribution in [3.8, 4) is 22.8 Å². The van der Waals surface area contributed by atoms with Gasteiger partial charge in [-0.3, -0.25) is 9.97 Å². The fourth-order valence-corrected chi connectivity index (χ4v) is 10.7. The van der Waals surface area contributed by atoms with Crippen LogP contribution in [0.4, 0.5) is 20.7 Å². The lowest BCUT2D eigenvalue weighted by Crippen LogP contribution is -2.25. The van der Waals surface area contributed by atoms with Gasteiger partial charge in [-0.05, 0) is 96.9 Å². The zero-order valence-electron chi connectivity index (χ0n) is 39.7. The number of hydrogen-bond acceptors (Lipinski definition) is 12. The van der Waals surface area contributed by atoms with Gasteiger partial charge in [0.25, 0.3) is 0 Å². The number of fused-ring (bicyclic) bond motifs is 6. The second kappa shape index (κ2) is 19.2. The molecule has 356 valence electrons. The number of aromatic nitrogens is 10. The van der Waals surface area contributed by atoms with E-state index in [1.807, 2.05) is 12.4 Å². The van der Waals surface area contributed by atoms with E-state index < -0.39 is 11.6 Å². The summed E-state index contributed by atoms with van der Waals surface area (Å²) in [6.07, 6.45) is 17.3. The number of nitrogens with one attached hydrogen (secondary N) is 2. The molecule has 14 nitrogen and oxygen atoms in total. The molecule has 2 aromatic carbocycles. The zero-order valence-corrected chi connectivity index (χ0v) is 39.7. The first-order valence-corrected chi connectivity index (χ1v) is 24.0. The Kier molecular flexibility index (Phi) is 12.4. The molecule has 0 saturated carbocycles. The Bertz CT molecular complexity index is 3110. The Morgan fingerprint density at radius 2 is 1.04 bits per heavy atom. The molecule has 4 aliphatic carbocycles. The molecule has 0 unspecified atom stereocenters. The molecule has 0 aliphatic heterocycles. The van der Waals surface area contributed by atoms with Crippen LogP contribution in [0.5, 0.6) is 0 Å². The highest BCUT2D eigenvalue weighted by atomic mass is 19.1. The molecule has 6 aromatic heterocycles. The first-order chi connectivity index (χ1) is 34.2. The zero-order chi connectivity index (χ0) is 47.9. The van der Waals surface area contributed by atoms with Crippen molar-refractivity contribution in [2.45, 2.75) is 89.1 Å². The van der Waals surface area contributed by atoms with Crippen LogP contribution in [-0.4, -0.2) is 88.6 Å². The Balaban J connectivity index is 0.000000152. The molecular weight excluding hydrogens is 887 g/mol. The fraction of sp³-hybridized carbons (Fsp3) is 0.333. The monoisotopic (exact) mass is 940 g/mol. The second-order valence-corrected chi connectivity index (χ2v) is 18.9. The van der Waals surface area contributed by atoms with Crippen LogP contribution in [0.3, 0.4) is 0 Å². The molecule has 0 radical (unpaired) electrons. The van der Waals surface area contributed by atoms with E-state index in [0.717, 1.165) is 62.5 Å². The summed E-state index contributed by atoms with van der Waals surface area (Å²) < 4.78 is 42.2. The molecule has 12 rings (SSSR count). The standard InChI is InChI=1S/2C27H27FN6O/c2*1-16(15-35-2)24-14-30-34-26(24)32-25(19-10-20(28)13-29-12-19)33-27(34)31-21-8-7-18-9-17-5-3-4-6-22(17)23(18)11-21/h2*3-6,10,12-14,16,21H,7-9,11,15H2,1-2H3,(H,31,32,33)/t16-,21+;16-,21-/m01/s1. The van der Waals surface area contributed by atoms with E-state index in [4.69, 9.17) is 29.4 Å². The minimum absolute atomic E-state index is 0.0936. The molecule has 4 atom stereocenters. The van der Waals surface area contributed by atoms with Crippen LogP contribution in [0.15, 0.2) is 109 Å². The number of hydrogen-bond donors (Lipinski definition) is 2. The Morgan fingerprint density at radius 1 is 0.600 bits per heavy atom. The third-order valence-corrected chi connectivity index (χ3v) is 14.1. The van der Waals surface area contributed by atoms with Gasteiger partial charge in [-0.25, -0.2) is 18.7 Å². The lowest BCUT2D eigenvalue weighted by molar-refractivity contribution is 0.184. The van der Waals surface area contributed by atoms with Crippen molar-refractivity contribution in [2.75, 3.05) is 38.1 Å². The van der Waals surface area contributed by atoms with Crippen LogP contribution in [0, 0.1) is 11.6 Å². The Hall–Kier alpha value is -7.30. The van der Waals surface area contributed by atoms with Crippen LogP contribution in [0.1, 0.15) is 97.6 Å². The van der Waals surface area contributed by atoms with Gasteiger partial charge in [-0.15, -0.1) is 0 Å². The van der Waals surface area contributed by atoms with Crippen molar-refractivity contribution in [1.82, 2.24) is 49.1 Å². The minimum Gasteiger partial charge on any atom is -0.384 e. The number of ether oxygens (including phenoxy) is 2. The summed E-state index contributed by atoms with van der Waals surface area (Å²) in [5.74, 6) is 1.38. The first-order valence-electron chi connectivity index (χ1n) is 24.0. The van der Waals surface area contributed by atoms with Gasteiger partial charge in [0.05, 0.1) is 38.0 Å². The quantitative estimate of drug-likeness (QED) is 0.120. The average molecular weight is 941 g/mol. The molecule has 0 fully saturated rings. The number of halogens is 2. The summed E-state index contributed by atoms with van der Waals surface area (Å²) in [7, 11) is 3.36. The molecule has 0 saturated heterocycles. The molecular formula is C54H54F2N12O2. The highest BCUT2D eigenvalue weighted by Crippen LogP contribution is 2.44. The fourth-order valence-electron chi connectivity index (χ4n) is 10.7. The summed E-state index contributed by atoms with van der Waals surface area (Å²) in [5.41, 5.74) is 16.0. The van der Waals surface area contributed by atoms with E-state index in [-0.39, 0.29) is 23.9 Å². The first kappa shape index (κ1) is 45.2. The number of allylic oxidation sites excluding steroid dienone is 2. The largest absolute Gasteiger partial charge is 0.384 e. The van der Waals surface area contributed by atoms with Crippen LogP contribution in [0.2, 0.25) is 0 Å². The van der Waals surface area contributed by atoms with Crippen molar-refractivity contribution in [3.63, 3.8) is 0 Å².